The van der Waals surface area contributed by atoms with Crippen molar-refractivity contribution in [1.29, 1.82) is 0 Å². The maximum atomic E-state index is 13.9. The van der Waals surface area contributed by atoms with Crippen LogP contribution < -0.4 is 0 Å². The molecule has 2 rings (SSSR count). The Morgan fingerprint density at radius 1 is 1.12 bits per heavy atom. The van der Waals surface area contributed by atoms with Crippen molar-refractivity contribution in [2.45, 2.75) is 17.9 Å². The van der Waals surface area contributed by atoms with Gasteiger partial charge in [0, 0.05) is 14.0 Å². The van der Waals surface area contributed by atoms with Crippen molar-refractivity contribution in [3.63, 3.8) is 0 Å². The quantitative estimate of drug-likeness (QED) is 0.547. The molecule has 0 fully saturated rings. The maximum Gasteiger partial charge on any atom is 0.432 e. The number of methoxy groups -OCH3 is 1. The molecule has 0 spiro atoms. The van der Waals surface area contributed by atoms with E-state index in [1.165, 1.54) is 30.3 Å². The first-order chi connectivity index (χ1) is 12.2. The van der Waals surface area contributed by atoms with E-state index in [-0.39, 0.29) is 0 Å². The molecule has 0 N–H and O–H groups in total. The summed E-state index contributed by atoms with van der Waals surface area (Å²) in [5.41, 5.74) is -3.45. The number of rotatable bonds is 6. The van der Waals surface area contributed by atoms with Crippen molar-refractivity contribution in [2.24, 2.45) is 0 Å². The average molecular weight is 374 g/mol. The number of hydrogen-bond donors (Lipinski definition) is 0. The number of halogens is 4. The van der Waals surface area contributed by atoms with Crippen LogP contribution in [0.1, 0.15) is 18.6 Å². The summed E-state index contributed by atoms with van der Waals surface area (Å²) in [6, 6.07) is 14.3. The molecule has 0 heterocycles. The highest BCUT2D eigenvalue weighted by Crippen LogP contribution is 2.43. The molecule has 3 atom stereocenters. The molecule has 0 amide bonds. The van der Waals surface area contributed by atoms with Gasteiger partial charge in [-0.3, -0.25) is 0 Å². The summed E-state index contributed by atoms with van der Waals surface area (Å²) in [5, 5.41) is 0. The number of ether oxygens (including phenoxy) is 2. The maximum absolute atomic E-state index is 13.9. The summed E-state index contributed by atoms with van der Waals surface area (Å²) in [6.07, 6.45) is -6.49. The first-order valence-electron chi connectivity index (χ1n) is 7.81. The molecule has 134 valence electrons. The van der Waals surface area contributed by atoms with E-state index in [2.05, 4.69) is 4.74 Å². The van der Waals surface area contributed by atoms with Crippen LogP contribution in [0.5, 0.6) is 0 Å². The Hall–Kier alpha value is -2.05. The van der Waals surface area contributed by atoms with E-state index >= 15 is 0 Å². The first kappa shape index (κ1) is 17.8. The Labute approximate surface area is 149 Å². The van der Waals surface area contributed by atoms with Gasteiger partial charge in [-0.15, -0.1) is 11.6 Å². The Bertz CT molecular complexity index is 725. The molecule has 0 aliphatic heterocycles. The van der Waals surface area contributed by atoms with E-state index in [4.69, 9.17) is 17.7 Å². The molecule has 0 bridgehead atoms. The van der Waals surface area contributed by atoms with Crippen LogP contribution >= 0.6 is 11.6 Å². The third-order valence-electron chi connectivity index (χ3n) is 3.65. The van der Waals surface area contributed by atoms with Gasteiger partial charge in [0.25, 0.3) is 5.60 Å². The first-order valence-corrected chi connectivity index (χ1v) is 7.67. The van der Waals surface area contributed by atoms with Gasteiger partial charge in [-0.05, 0) is 5.56 Å². The predicted octanol–water partition coefficient (Wildman–Crippen LogP) is 4.61. The molecule has 3 nitrogen and oxygen atoms in total. The summed E-state index contributed by atoms with van der Waals surface area (Å²) >= 11 is 5.74. The summed E-state index contributed by atoms with van der Waals surface area (Å²) in [4.78, 5) is 12.6. The number of hydrogen-bond acceptors (Lipinski definition) is 3. The van der Waals surface area contributed by atoms with Gasteiger partial charge >= 0.3 is 12.1 Å². The highest BCUT2D eigenvalue weighted by molar-refractivity contribution is 6.18. The molecule has 2 aromatic carbocycles. The van der Waals surface area contributed by atoms with Gasteiger partial charge in [0.2, 0.25) is 0 Å². The lowest BCUT2D eigenvalue weighted by Crippen LogP contribution is -2.52. The minimum absolute atomic E-state index is 0.302. The third-order valence-corrected chi connectivity index (χ3v) is 3.88. The lowest BCUT2D eigenvalue weighted by molar-refractivity contribution is -0.278. The van der Waals surface area contributed by atoms with Crippen LogP contribution in [0.3, 0.4) is 0 Å². The van der Waals surface area contributed by atoms with Crippen LogP contribution in [0, 0.1) is 0 Å². The van der Waals surface area contributed by atoms with Crippen LogP contribution in [0.4, 0.5) is 13.2 Å². The Morgan fingerprint density at radius 3 is 2.08 bits per heavy atom. The average Bonchev–Trinajstić information content (AvgIpc) is 2.61. The molecule has 0 aliphatic rings. The van der Waals surface area contributed by atoms with Gasteiger partial charge in [-0.1, -0.05) is 60.7 Å². The van der Waals surface area contributed by atoms with Crippen molar-refractivity contribution < 1.29 is 28.8 Å². The van der Waals surface area contributed by atoms with E-state index in [1.807, 2.05) is 0 Å². The molecular weight excluding hydrogens is 357 g/mol. The highest BCUT2D eigenvalue weighted by atomic mass is 35.5. The van der Waals surface area contributed by atoms with Crippen molar-refractivity contribution in [1.82, 2.24) is 0 Å². The van der Waals surface area contributed by atoms with Crippen molar-refractivity contribution >= 4 is 17.6 Å². The molecular formula is C18H16ClF3O3. The molecule has 0 radical (unpaired) electrons. The monoisotopic (exact) mass is 373 g/mol. The second-order valence-electron chi connectivity index (χ2n) is 5.11. The number of carbonyl (C=O) groups excluding carboxylic acids is 1. The van der Waals surface area contributed by atoms with Gasteiger partial charge in [0.15, 0.2) is 0 Å². The van der Waals surface area contributed by atoms with Crippen LogP contribution in [0.15, 0.2) is 60.7 Å². The third kappa shape index (κ3) is 3.80. The summed E-state index contributed by atoms with van der Waals surface area (Å²) in [6.45, 7) is 0. The van der Waals surface area contributed by atoms with Crippen molar-refractivity contribution in [2.75, 3.05) is 13.0 Å². The fourth-order valence-corrected chi connectivity index (χ4v) is 2.59. The largest absolute Gasteiger partial charge is 0.454 e. The number of esters is 1. The van der Waals surface area contributed by atoms with Gasteiger partial charge in [-0.25, -0.2) is 4.79 Å². The Morgan fingerprint density at radius 2 is 1.64 bits per heavy atom. The van der Waals surface area contributed by atoms with Gasteiger partial charge < -0.3 is 9.47 Å². The molecule has 0 unspecified atom stereocenters. The minimum Gasteiger partial charge on any atom is -0.454 e. The molecule has 25 heavy (non-hydrogen) atoms. The van der Waals surface area contributed by atoms with E-state index in [0.717, 1.165) is 19.2 Å². The van der Waals surface area contributed by atoms with Crippen molar-refractivity contribution in [3.8, 4) is 0 Å². The fourth-order valence-electron chi connectivity index (χ4n) is 2.39. The lowest BCUT2D eigenvalue weighted by atomic mass is 9.92. The standard InChI is InChI=1S/C18H16ClF3O3/c1-24-17(18(20,21)22,14-10-6-3-7-11-14)16(23)25-15(12-19)13-8-4-2-5-9-13/h2-11,15H,12H2,1H3/t15-,17-/m1/s1/i12D/t12-,15+,17+/m0. The van der Waals surface area contributed by atoms with Crippen LogP contribution in [0.25, 0.3) is 0 Å². The molecule has 0 aromatic heterocycles. The number of benzene rings is 2. The van der Waals surface area contributed by atoms with E-state index in [0.29, 0.717) is 5.56 Å². The number of alkyl halides is 4. The molecule has 0 aliphatic carbocycles. The lowest BCUT2D eigenvalue weighted by Gasteiger charge is -2.33. The second kappa shape index (κ2) is 7.89. The van der Waals surface area contributed by atoms with Crippen LogP contribution in [-0.2, 0) is 19.9 Å². The van der Waals surface area contributed by atoms with E-state index < -0.39 is 35.3 Å². The minimum atomic E-state index is -5.09. The Kier molecular flexibility index (Phi) is 5.60. The smallest absolute Gasteiger partial charge is 0.432 e. The summed E-state index contributed by atoms with van der Waals surface area (Å²) < 4.78 is 58.9. The van der Waals surface area contributed by atoms with E-state index in [1.54, 1.807) is 18.2 Å². The molecule has 2 aromatic rings. The predicted molar refractivity (Wildman–Crippen MR) is 87.2 cm³/mol. The zero-order chi connectivity index (χ0) is 19.4. The highest BCUT2D eigenvalue weighted by Gasteiger charge is 2.64. The summed E-state index contributed by atoms with van der Waals surface area (Å²) in [7, 11) is 0.776. The summed E-state index contributed by atoms with van der Waals surface area (Å²) in [5.74, 6) is -3.19. The van der Waals surface area contributed by atoms with Gasteiger partial charge in [0.1, 0.15) is 6.10 Å². The van der Waals surface area contributed by atoms with Crippen LogP contribution in [0.2, 0.25) is 0 Å². The second-order valence-corrected chi connectivity index (χ2v) is 5.36. The normalized spacial score (nSPS) is 17.1. The van der Waals surface area contributed by atoms with Gasteiger partial charge in [0.05, 0.1) is 5.86 Å². The SMILES string of the molecule is [2H][C@H](Cl)[C@@H](OC(=O)[C@](OC)(c1ccccc1)C(F)(F)F)c1ccccc1. The van der Waals surface area contributed by atoms with Gasteiger partial charge in [-0.2, -0.15) is 13.2 Å². The number of carbonyl (C=O) groups is 1. The molecule has 0 saturated heterocycles. The van der Waals surface area contributed by atoms with Crippen molar-refractivity contribution in [3.05, 3.63) is 71.8 Å². The molecule has 0 saturated carbocycles. The fraction of sp³-hybridized carbons (Fsp3) is 0.278. The zero-order valence-corrected chi connectivity index (χ0v) is 13.9. The van der Waals surface area contributed by atoms with Crippen LogP contribution in [-0.4, -0.2) is 25.1 Å². The Balaban J connectivity index is 2.47. The van der Waals surface area contributed by atoms with E-state index in [9.17, 15) is 18.0 Å². The zero-order valence-electron chi connectivity index (χ0n) is 14.2. The molecule has 7 heteroatoms. The topological polar surface area (TPSA) is 35.5 Å².